The maximum absolute atomic E-state index is 10.5. The van der Waals surface area contributed by atoms with Crippen LogP contribution in [0.4, 0.5) is 0 Å². The zero-order valence-electron chi connectivity index (χ0n) is 14.5. The summed E-state index contributed by atoms with van der Waals surface area (Å²) in [6.45, 7) is 6.94. The second-order valence-corrected chi connectivity index (χ2v) is 8.31. The van der Waals surface area contributed by atoms with Gasteiger partial charge in [-0.2, -0.15) is 11.8 Å². The van der Waals surface area contributed by atoms with Crippen LogP contribution in [0.25, 0.3) is 0 Å². The maximum Gasteiger partial charge on any atom is 0.193 e. The van der Waals surface area contributed by atoms with Crippen molar-refractivity contribution in [3.05, 3.63) is 0 Å². The first-order chi connectivity index (χ1) is 10.5. The van der Waals surface area contributed by atoms with E-state index in [-0.39, 0.29) is 0 Å². The number of aliphatic hydroxyl groups is 1. The number of nitrogens with one attached hydrogen (secondary N) is 1. The Labute approximate surface area is 140 Å². The Morgan fingerprint density at radius 3 is 2.68 bits per heavy atom. The number of hydrogen-bond donors (Lipinski definition) is 2. The van der Waals surface area contributed by atoms with Crippen molar-refractivity contribution in [1.29, 1.82) is 0 Å². The smallest absolute Gasteiger partial charge is 0.193 e. The normalized spacial score (nSPS) is 33.0. The molecule has 128 valence electrons. The van der Waals surface area contributed by atoms with Crippen molar-refractivity contribution in [3.8, 4) is 0 Å². The topological polar surface area (TPSA) is 47.9 Å². The highest BCUT2D eigenvalue weighted by atomic mass is 32.2. The number of rotatable bonds is 5. The van der Waals surface area contributed by atoms with Gasteiger partial charge in [0.05, 0.1) is 12.1 Å². The molecule has 2 fully saturated rings. The highest BCUT2D eigenvalue weighted by Crippen LogP contribution is 2.29. The highest BCUT2D eigenvalue weighted by molar-refractivity contribution is 7.99. The third-order valence-electron chi connectivity index (χ3n) is 4.97. The monoisotopic (exact) mass is 327 g/mol. The standard InChI is InChI=1S/C17H33N3OS/c1-4-18-16(19-12-17(21)9-10-22-13-17)20(3)11-15-7-5-14(2)6-8-15/h14-15,21H,4-13H2,1-3H3,(H,18,19). The van der Waals surface area contributed by atoms with Gasteiger partial charge in [-0.3, -0.25) is 4.99 Å². The zero-order valence-corrected chi connectivity index (χ0v) is 15.3. The lowest BCUT2D eigenvalue weighted by molar-refractivity contribution is 0.0775. The third kappa shape index (κ3) is 5.34. The molecule has 1 atom stereocenters. The molecule has 4 nitrogen and oxygen atoms in total. The van der Waals surface area contributed by atoms with Crippen molar-refractivity contribution in [1.82, 2.24) is 10.2 Å². The van der Waals surface area contributed by atoms with Gasteiger partial charge in [-0.25, -0.2) is 0 Å². The quantitative estimate of drug-likeness (QED) is 0.602. The summed E-state index contributed by atoms with van der Waals surface area (Å²) in [5.74, 6) is 4.51. The molecule has 1 heterocycles. The lowest BCUT2D eigenvalue weighted by atomic mass is 9.83. The lowest BCUT2D eigenvalue weighted by Gasteiger charge is -2.31. The molecular formula is C17H33N3OS. The SMILES string of the molecule is CCNC(=NCC1(O)CCSC1)N(C)CC1CCC(C)CC1. The van der Waals surface area contributed by atoms with Crippen LogP contribution < -0.4 is 5.32 Å². The Balaban J connectivity index is 1.88. The van der Waals surface area contributed by atoms with Crippen molar-refractivity contribution in [2.75, 3.05) is 38.2 Å². The van der Waals surface area contributed by atoms with E-state index in [0.717, 1.165) is 48.8 Å². The fourth-order valence-electron chi connectivity index (χ4n) is 3.40. The average Bonchev–Trinajstić information content (AvgIpc) is 2.93. The van der Waals surface area contributed by atoms with Crippen LogP contribution in [-0.2, 0) is 0 Å². The Morgan fingerprint density at radius 2 is 2.09 bits per heavy atom. The first kappa shape index (κ1) is 17.9. The summed E-state index contributed by atoms with van der Waals surface area (Å²) in [5, 5.41) is 13.8. The van der Waals surface area contributed by atoms with Crippen LogP contribution in [-0.4, -0.2) is 59.8 Å². The minimum atomic E-state index is -0.591. The van der Waals surface area contributed by atoms with Crippen molar-refractivity contribution < 1.29 is 5.11 Å². The molecule has 0 spiro atoms. The van der Waals surface area contributed by atoms with Crippen LogP contribution in [0.1, 0.15) is 46.0 Å². The van der Waals surface area contributed by atoms with E-state index in [0.29, 0.717) is 6.54 Å². The van der Waals surface area contributed by atoms with E-state index >= 15 is 0 Å². The highest BCUT2D eigenvalue weighted by Gasteiger charge is 2.31. The van der Waals surface area contributed by atoms with Gasteiger partial charge in [0.2, 0.25) is 0 Å². The van der Waals surface area contributed by atoms with Gasteiger partial charge in [-0.05, 0) is 43.8 Å². The van der Waals surface area contributed by atoms with E-state index in [1.165, 1.54) is 25.7 Å². The predicted octanol–water partition coefficient (Wildman–Crippen LogP) is 2.58. The van der Waals surface area contributed by atoms with E-state index < -0.39 is 5.60 Å². The van der Waals surface area contributed by atoms with Crippen LogP contribution in [0.2, 0.25) is 0 Å². The number of nitrogens with zero attached hydrogens (tertiary/aromatic N) is 2. The second-order valence-electron chi connectivity index (χ2n) is 7.20. The molecule has 1 aliphatic heterocycles. The second kappa shape index (κ2) is 8.44. The Morgan fingerprint density at radius 1 is 1.36 bits per heavy atom. The Bertz CT molecular complexity index is 361. The molecule has 2 rings (SSSR count). The zero-order chi connectivity index (χ0) is 16.0. The number of aliphatic imine (C=N–C) groups is 1. The number of guanidine groups is 1. The van der Waals surface area contributed by atoms with E-state index in [1.54, 1.807) is 0 Å². The number of thioether (sulfide) groups is 1. The largest absolute Gasteiger partial charge is 0.387 e. The molecule has 0 aromatic heterocycles. The first-order valence-electron chi connectivity index (χ1n) is 8.82. The van der Waals surface area contributed by atoms with Crippen LogP contribution >= 0.6 is 11.8 Å². The van der Waals surface area contributed by atoms with E-state index in [2.05, 4.69) is 31.1 Å². The minimum Gasteiger partial charge on any atom is -0.387 e. The van der Waals surface area contributed by atoms with E-state index in [9.17, 15) is 5.11 Å². The Kier molecular flexibility index (Phi) is 6.87. The minimum absolute atomic E-state index is 0.522. The fourth-order valence-corrected chi connectivity index (χ4v) is 4.68. The van der Waals surface area contributed by atoms with Crippen LogP contribution in [0, 0.1) is 11.8 Å². The van der Waals surface area contributed by atoms with Gasteiger partial charge in [0.15, 0.2) is 5.96 Å². The molecule has 1 saturated heterocycles. The molecule has 5 heteroatoms. The van der Waals surface area contributed by atoms with E-state index in [1.807, 2.05) is 11.8 Å². The summed E-state index contributed by atoms with van der Waals surface area (Å²) in [5.41, 5.74) is -0.591. The van der Waals surface area contributed by atoms with E-state index in [4.69, 9.17) is 4.99 Å². The summed E-state index contributed by atoms with van der Waals surface area (Å²) in [4.78, 5) is 6.98. The summed E-state index contributed by atoms with van der Waals surface area (Å²) in [7, 11) is 2.13. The van der Waals surface area contributed by atoms with Gasteiger partial charge in [0, 0.05) is 25.9 Å². The van der Waals surface area contributed by atoms with Crippen molar-refractivity contribution in [2.45, 2.75) is 51.6 Å². The molecule has 2 aliphatic rings. The molecule has 0 bridgehead atoms. The molecule has 0 amide bonds. The fraction of sp³-hybridized carbons (Fsp3) is 0.941. The van der Waals surface area contributed by atoms with Crippen LogP contribution in [0.15, 0.2) is 4.99 Å². The molecule has 0 radical (unpaired) electrons. The summed E-state index contributed by atoms with van der Waals surface area (Å²) >= 11 is 1.83. The first-order valence-corrected chi connectivity index (χ1v) is 9.97. The summed E-state index contributed by atoms with van der Waals surface area (Å²) in [6.07, 6.45) is 6.27. The van der Waals surface area contributed by atoms with Gasteiger partial charge >= 0.3 is 0 Å². The molecular weight excluding hydrogens is 294 g/mol. The summed E-state index contributed by atoms with van der Waals surface area (Å²) in [6, 6.07) is 0. The van der Waals surface area contributed by atoms with Crippen molar-refractivity contribution in [2.24, 2.45) is 16.8 Å². The Hall–Kier alpha value is -0.420. The van der Waals surface area contributed by atoms with Crippen molar-refractivity contribution >= 4 is 17.7 Å². The molecule has 1 aliphatic carbocycles. The molecule has 2 N–H and O–H groups in total. The summed E-state index contributed by atoms with van der Waals surface area (Å²) < 4.78 is 0. The predicted molar refractivity (Wildman–Crippen MR) is 96.6 cm³/mol. The van der Waals surface area contributed by atoms with Gasteiger partial charge in [0.25, 0.3) is 0 Å². The molecule has 0 aromatic carbocycles. The molecule has 1 unspecified atom stereocenters. The maximum atomic E-state index is 10.5. The average molecular weight is 328 g/mol. The third-order valence-corrected chi connectivity index (χ3v) is 6.20. The van der Waals surface area contributed by atoms with Crippen LogP contribution in [0.5, 0.6) is 0 Å². The molecule has 22 heavy (non-hydrogen) atoms. The van der Waals surface area contributed by atoms with Crippen LogP contribution in [0.3, 0.4) is 0 Å². The molecule has 1 saturated carbocycles. The van der Waals surface area contributed by atoms with Gasteiger partial charge in [-0.15, -0.1) is 0 Å². The lowest BCUT2D eigenvalue weighted by Crippen LogP contribution is -2.43. The molecule has 0 aromatic rings. The van der Waals surface area contributed by atoms with Gasteiger partial charge in [0.1, 0.15) is 0 Å². The van der Waals surface area contributed by atoms with Crippen molar-refractivity contribution in [3.63, 3.8) is 0 Å². The number of hydrogen-bond acceptors (Lipinski definition) is 3. The van der Waals surface area contributed by atoms with Gasteiger partial charge < -0.3 is 15.3 Å². The van der Waals surface area contributed by atoms with Gasteiger partial charge in [-0.1, -0.05) is 19.8 Å².